The average molecular weight is 450 g/mol. The summed E-state index contributed by atoms with van der Waals surface area (Å²) in [7, 11) is -0.453. The molecule has 0 atom stereocenters. The molecule has 3 aromatic carbocycles. The van der Waals surface area contributed by atoms with Gasteiger partial charge in [-0.05, 0) is 38.7 Å². The second kappa shape index (κ2) is 10.8. The molecule has 1 aromatic heterocycles. The fraction of sp³-hybridized carbons (Fsp3) is 0.241. The van der Waals surface area contributed by atoms with Crippen LogP contribution in [0, 0.1) is 0 Å². The van der Waals surface area contributed by atoms with Crippen LogP contribution in [-0.4, -0.2) is 29.3 Å². The van der Waals surface area contributed by atoms with E-state index in [1.165, 1.54) is 0 Å². The first kappa shape index (κ1) is 23.9. The summed E-state index contributed by atoms with van der Waals surface area (Å²) in [6.45, 7) is 8.83. The summed E-state index contributed by atoms with van der Waals surface area (Å²) in [5.74, 6) is 0.673. The van der Waals surface area contributed by atoms with Crippen LogP contribution in [0.3, 0.4) is 0 Å². The molecule has 0 unspecified atom stereocenters. The topological polar surface area (TPSA) is 44.2 Å². The number of hydrogen-bond acceptors (Lipinski definition) is 4. The van der Waals surface area contributed by atoms with Crippen molar-refractivity contribution < 1.29 is 9.31 Å². The molecule has 0 aliphatic heterocycles. The highest BCUT2D eigenvalue weighted by Crippen LogP contribution is 2.27. The standard InChI is InChI=1S/C29H31BN2O2/c1-5-29(3,4)34-30(33-6-2)25-19-13-18-24(20-25)28-31-26(22-14-9-7-10-15-22)21-27(32-28)23-16-11-8-12-17-23/h7-21H,5-6H2,1-4H3. The Kier molecular flexibility index (Phi) is 7.56. The van der Waals surface area contributed by atoms with Crippen molar-refractivity contribution in [3.05, 3.63) is 91.0 Å². The van der Waals surface area contributed by atoms with Gasteiger partial charge >= 0.3 is 7.12 Å². The number of rotatable bonds is 9. The lowest BCUT2D eigenvalue weighted by Crippen LogP contribution is -2.43. The zero-order chi connectivity index (χ0) is 24.0. The number of benzene rings is 3. The summed E-state index contributed by atoms with van der Waals surface area (Å²) in [5, 5.41) is 0. The highest BCUT2D eigenvalue weighted by Gasteiger charge is 2.29. The first-order valence-corrected chi connectivity index (χ1v) is 11.9. The predicted octanol–water partition coefficient (Wildman–Crippen LogP) is 6.41. The summed E-state index contributed by atoms with van der Waals surface area (Å²) in [6.07, 6.45) is 0.888. The van der Waals surface area contributed by atoms with Crippen LogP contribution in [0.15, 0.2) is 91.0 Å². The molecule has 0 aliphatic carbocycles. The van der Waals surface area contributed by atoms with Crippen LogP contribution in [0.25, 0.3) is 33.9 Å². The predicted molar refractivity (Wildman–Crippen MR) is 141 cm³/mol. The summed E-state index contributed by atoms with van der Waals surface area (Å²) >= 11 is 0. The van der Waals surface area contributed by atoms with Crippen LogP contribution in [0.4, 0.5) is 0 Å². The van der Waals surface area contributed by atoms with Crippen molar-refractivity contribution in [2.45, 2.75) is 39.7 Å². The third-order valence-electron chi connectivity index (χ3n) is 5.88. The fourth-order valence-electron chi connectivity index (χ4n) is 3.64. The quantitative estimate of drug-likeness (QED) is 0.276. The van der Waals surface area contributed by atoms with Gasteiger partial charge in [-0.15, -0.1) is 0 Å². The molecule has 0 aliphatic rings. The van der Waals surface area contributed by atoms with Crippen LogP contribution >= 0.6 is 0 Å². The Morgan fingerprint density at radius 3 is 1.79 bits per heavy atom. The van der Waals surface area contributed by atoms with Crippen molar-refractivity contribution in [2.24, 2.45) is 0 Å². The molecule has 0 bridgehead atoms. The molecule has 4 aromatic rings. The SMILES string of the molecule is CCOB(OC(C)(C)CC)c1cccc(-c2nc(-c3ccccc3)cc(-c3ccccc3)n2)c1. The summed E-state index contributed by atoms with van der Waals surface area (Å²) in [4.78, 5) is 9.89. The monoisotopic (exact) mass is 450 g/mol. The maximum Gasteiger partial charge on any atom is 0.494 e. The van der Waals surface area contributed by atoms with E-state index in [1.54, 1.807) is 0 Å². The zero-order valence-electron chi connectivity index (χ0n) is 20.4. The number of hydrogen-bond donors (Lipinski definition) is 0. The Bertz CT molecular complexity index is 1160. The molecular formula is C29H31BN2O2. The summed E-state index contributed by atoms with van der Waals surface area (Å²) in [6, 6.07) is 30.6. The molecule has 0 saturated carbocycles. The van der Waals surface area contributed by atoms with Gasteiger partial charge in [0.2, 0.25) is 0 Å². The summed E-state index contributed by atoms with van der Waals surface area (Å²) in [5.41, 5.74) is 5.48. The van der Waals surface area contributed by atoms with Gasteiger partial charge in [0, 0.05) is 28.9 Å². The van der Waals surface area contributed by atoms with E-state index in [2.05, 4.69) is 51.1 Å². The first-order chi connectivity index (χ1) is 16.5. The van der Waals surface area contributed by atoms with Gasteiger partial charge in [0.25, 0.3) is 0 Å². The molecule has 1 heterocycles. The van der Waals surface area contributed by atoms with Gasteiger partial charge < -0.3 is 9.31 Å². The van der Waals surface area contributed by atoms with E-state index in [4.69, 9.17) is 19.3 Å². The van der Waals surface area contributed by atoms with Gasteiger partial charge in [-0.1, -0.05) is 91.9 Å². The molecule has 0 spiro atoms. The van der Waals surface area contributed by atoms with Gasteiger partial charge in [0.05, 0.1) is 11.4 Å². The van der Waals surface area contributed by atoms with Gasteiger partial charge in [0.1, 0.15) is 0 Å². The van der Waals surface area contributed by atoms with Crippen LogP contribution in [0.1, 0.15) is 34.1 Å². The molecule has 0 amide bonds. The minimum atomic E-state index is -0.453. The lowest BCUT2D eigenvalue weighted by atomic mass is 9.76. The lowest BCUT2D eigenvalue weighted by Gasteiger charge is -2.28. The minimum Gasteiger partial charge on any atom is -0.408 e. The maximum atomic E-state index is 6.33. The van der Waals surface area contributed by atoms with Crippen molar-refractivity contribution in [3.8, 4) is 33.9 Å². The maximum absolute atomic E-state index is 6.33. The van der Waals surface area contributed by atoms with E-state index in [9.17, 15) is 0 Å². The van der Waals surface area contributed by atoms with Gasteiger partial charge in [-0.3, -0.25) is 0 Å². The molecule has 4 nitrogen and oxygen atoms in total. The van der Waals surface area contributed by atoms with E-state index >= 15 is 0 Å². The minimum absolute atomic E-state index is 0.292. The second-order valence-corrected chi connectivity index (χ2v) is 8.84. The van der Waals surface area contributed by atoms with E-state index in [-0.39, 0.29) is 5.60 Å². The fourth-order valence-corrected chi connectivity index (χ4v) is 3.64. The largest absolute Gasteiger partial charge is 0.494 e. The smallest absolute Gasteiger partial charge is 0.408 e. The molecule has 0 fully saturated rings. The third kappa shape index (κ3) is 5.80. The van der Waals surface area contributed by atoms with Gasteiger partial charge in [-0.25, -0.2) is 9.97 Å². The van der Waals surface area contributed by atoms with E-state index < -0.39 is 7.12 Å². The van der Waals surface area contributed by atoms with Crippen LogP contribution in [0.2, 0.25) is 0 Å². The Balaban J connectivity index is 1.79. The Morgan fingerprint density at radius 2 is 1.26 bits per heavy atom. The van der Waals surface area contributed by atoms with Crippen LogP contribution in [0.5, 0.6) is 0 Å². The summed E-state index contributed by atoms with van der Waals surface area (Å²) < 4.78 is 12.3. The molecule has 172 valence electrons. The van der Waals surface area contributed by atoms with Gasteiger partial charge in [0.15, 0.2) is 5.82 Å². The first-order valence-electron chi connectivity index (χ1n) is 11.9. The van der Waals surface area contributed by atoms with E-state index in [0.29, 0.717) is 12.4 Å². The molecule has 34 heavy (non-hydrogen) atoms. The van der Waals surface area contributed by atoms with E-state index in [1.807, 2.05) is 67.6 Å². The molecule has 5 heteroatoms. The zero-order valence-corrected chi connectivity index (χ0v) is 20.4. The van der Waals surface area contributed by atoms with Crippen LogP contribution in [-0.2, 0) is 9.31 Å². The molecule has 0 radical (unpaired) electrons. The van der Waals surface area contributed by atoms with Gasteiger partial charge in [-0.2, -0.15) is 0 Å². The number of aromatic nitrogens is 2. The normalized spacial score (nSPS) is 11.4. The van der Waals surface area contributed by atoms with Crippen molar-refractivity contribution in [3.63, 3.8) is 0 Å². The van der Waals surface area contributed by atoms with Crippen molar-refractivity contribution in [1.82, 2.24) is 9.97 Å². The highest BCUT2D eigenvalue weighted by molar-refractivity contribution is 6.61. The molecule has 0 N–H and O–H groups in total. The Labute approximate surface area is 203 Å². The lowest BCUT2D eigenvalue weighted by molar-refractivity contribution is 0.0706. The van der Waals surface area contributed by atoms with Crippen molar-refractivity contribution in [2.75, 3.05) is 6.61 Å². The van der Waals surface area contributed by atoms with E-state index in [0.717, 1.165) is 40.0 Å². The van der Waals surface area contributed by atoms with Crippen molar-refractivity contribution >= 4 is 12.6 Å². The number of nitrogens with zero attached hydrogens (tertiary/aromatic N) is 2. The Morgan fingerprint density at radius 1 is 0.706 bits per heavy atom. The van der Waals surface area contributed by atoms with Crippen LogP contribution < -0.4 is 5.46 Å². The molecular weight excluding hydrogens is 419 g/mol. The average Bonchev–Trinajstić information content (AvgIpc) is 2.89. The molecule has 0 saturated heterocycles. The third-order valence-corrected chi connectivity index (χ3v) is 5.88. The highest BCUT2D eigenvalue weighted by atomic mass is 16.6. The Hall–Kier alpha value is -3.28. The van der Waals surface area contributed by atoms with Crippen molar-refractivity contribution in [1.29, 1.82) is 0 Å². The molecule has 4 rings (SSSR count). The second-order valence-electron chi connectivity index (χ2n) is 8.84.